The summed E-state index contributed by atoms with van der Waals surface area (Å²) >= 11 is 1.47. The summed E-state index contributed by atoms with van der Waals surface area (Å²) in [4.78, 5) is 17.3. The van der Waals surface area contributed by atoms with E-state index in [2.05, 4.69) is 36.0 Å². The van der Waals surface area contributed by atoms with Crippen molar-refractivity contribution in [2.24, 2.45) is 0 Å². The number of carboxylic acids is 1. The molecule has 0 saturated heterocycles. The van der Waals surface area contributed by atoms with E-state index in [-0.39, 0.29) is 6.42 Å². The molecule has 6 heteroatoms. The van der Waals surface area contributed by atoms with Crippen LogP contribution < -0.4 is 5.32 Å². The van der Waals surface area contributed by atoms with Crippen molar-refractivity contribution in [2.45, 2.75) is 46.1 Å². The van der Waals surface area contributed by atoms with E-state index in [1.807, 2.05) is 0 Å². The second kappa shape index (κ2) is 8.92. The number of thiazole rings is 1. The molecule has 0 aliphatic rings. The van der Waals surface area contributed by atoms with Crippen LogP contribution in [0.5, 0.6) is 0 Å². The highest BCUT2D eigenvalue weighted by Crippen LogP contribution is 2.17. The number of hydrogen-bond acceptors (Lipinski definition) is 5. The lowest BCUT2D eigenvalue weighted by Gasteiger charge is -2.19. The van der Waals surface area contributed by atoms with E-state index in [0.717, 1.165) is 37.6 Å². The molecular weight excluding hydrogens is 274 g/mol. The Kier molecular flexibility index (Phi) is 7.54. The molecule has 0 aliphatic carbocycles. The fourth-order valence-electron chi connectivity index (χ4n) is 2.05. The Labute approximate surface area is 125 Å². The van der Waals surface area contributed by atoms with E-state index < -0.39 is 5.97 Å². The van der Waals surface area contributed by atoms with Gasteiger partial charge in [0, 0.05) is 11.4 Å². The summed E-state index contributed by atoms with van der Waals surface area (Å²) in [5, 5.41) is 14.7. The molecule has 1 unspecified atom stereocenters. The Morgan fingerprint density at radius 1 is 1.50 bits per heavy atom. The molecule has 0 spiro atoms. The van der Waals surface area contributed by atoms with Gasteiger partial charge in [-0.15, -0.1) is 11.3 Å². The number of hydrogen-bond donors (Lipinski definition) is 2. The predicted octanol–water partition coefficient (Wildman–Crippen LogP) is 2.69. The number of nitrogens with one attached hydrogen (secondary N) is 1. The van der Waals surface area contributed by atoms with Gasteiger partial charge in [0.1, 0.15) is 0 Å². The van der Waals surface area contributed by atoms with Gasteiger partial charge in [0.05, 0.1) is 12.1 Å². The van der Waals surface area contributed by atoms with Crippen LogP contribution >= 0.6 is 11.3 Å². The average Bonchev–Trinajstić information content (AvgIpc) is 2.81. The van der Waals surface area contributed by atoms with Crippen LogP contribution in [0, 0.1) is 0 Å². The topological polar surface area (TPSA) is 65.5 Å². The van der Waals surface area contributed by atoms with Crippen molar-refractivity contribution in [3.05, 3.63) is 11.1 Å². The molecule has 1 rings (SSSR count). The van der Waals surface area contributed by atoms with Crippen molar-refractivity contribution in [3.63, 3.8) is 0 Å². The van der Waals surface area contributed by atoms with Crippen molar-refractivity contribution >= 4 is 22.4 Å². The first-order chi connectivity index (χ1) is 9.55. The number of aromatic nitrogens is 1. The van der Waals surface area contributed by atoms with Crippen LogP contribution in [0.15, 0.2) is 5.38 Å². The molecule has 0 radical (unpaired) electrons. The Bertz CT molecular complexity index is 405. The number of rotatable bonds is 10. The predicted molar refractivity (Wildman–Crippen MR) is 83.6 cm³/mol. The molecule has 1 heterocycles. The maximum atomic E-state index is 10.6. The molecule has 0 bridgehead atoms. The maximum Gasteiger partial charge on any atom is 0.309 e. The van der Waals surface area contributed by atoms with Crippen molar-refractivity contribution in [3.8, 4) is 0 Å². The van der Waals surface area contributed by atoms with E-state index in [1.54, 1.807) is 5.38 Å². The summed E-state index contributed by atoms with van der Waals surface area (Å²) in [5.41, 5.74) is 0.625. The summed E-state index contributed by atoms with van der Waals surface area (Å²) < 4.78 is 0. The van der Waals surface area contributed by atoms with Crippen molar-refractivity contribution in [1.29, 1.82) is 0 Å². The number of nitrogens with zero attached hydrogens (tertiary/aromatic N) is 2. The maximum absolute atomic E-state index is 10.6. The molecule has 0 fully saturated rings. The first-order valence-corrected chi connectivity index (χ1v) is 8.08. The van der Waals surface area contributed by atoms with Crippen LogP contribution in [0.25, 0.3) is 0 Å². The summed E-state index contributed by atoms with van der Waals surface area (Å²) in [6, 6.07) is 0.356. The molecule has 0 amide bonds. The lowest BCUT2D eigenvalue weighted by molar-refractivity contribution is -0.136. The largest absolute Gasteiger partial charge is 0.481 e. The Morgan fingerprint density at radius 2 is 2.20 bits per heavy atom. The molecule has 1 atom stereocenters. The molecule has 1 aromatic rings. The third-order valence-corrected chi connectivity index (χ3v) is 4.08. The lowest BCUT2D eigenvalue weighted by atomic mass is 10.2. The third-order valence-electron chi connectivity index (χ3n) is 3.26. The van der Waals surface area contributed by atoms with Crippen molar-refractivity contribution < 1.29 is 9.90 Å². The van der Waals surface area contributed by atoms with Gasteiger partial charge in [-0.05, 0) is 39.4 Å². The molecular formula is C14H25N3O2S. The fraction of sp³-hybridized carbons (Fsp3) is 0.714. The Morgan fingerprint density at radius 3 is 2.80 bits per heavy atom. The van der Waals surface area contributed by atoms with Crippen LogP contribution in [0.4, 0.5) is 5.13 Å². The van der Waals surface area contributed by atoms with Gasteiger partial charge in [0.25, 0.3) is 0 Å². The summed E-state index contributed by atoms with van der Waals surface area (Å²) in [6.07, 6.45) is 2.24. The zero-order valence-corrected chi connectivity index (χ0v) is 13.4. The van der Waals surface area contributed by atoms with Gasteiger partial charge in [0.15, 0.2) is 5.13 Å². The number of carbonyl (C=O) groups is 1. The second-order valence-corrected chi connectivity index (χ2v) is 5.79. The monoisotopic (exact) mass is 299 g/mol. The normalized spacial score (nSPS) is 12.6. The van der Waals surface area contributed by atoms with Crippen LogP contribution in [-0.2, 0) is 11.2 Å². The molecule has 1 aromatic heterocycles. The van der Waals surface area contributed by atoms with E-state index in [9.17, 15) is 4.79 Å². The minimum absolute atomic E-state index is 0.00544. The van der Waals surface area contributed by atoms with Gasteiger partial charge in [-0.25, -0.2) is 4.98 Å². The van der Waals surface area contributed by atoms with Crippen LogP contribution in [0.1, 0.15) is 39.3 Å². The number of anilines is 1. The van der Waals surface area contributed by atoms with E-state index in [4.69, 9.17) is 5.11 Å². The van der Waals surface area contributed by atoms with Gasteiger partial charge in [-0.2, -0.15) is 0 Å². The van der Waals surface area contributed by atoms with Gasteiger partial charge in [0.2, 0.25) is 0 Å². The smallest absolute Gasteiger partial charge is 0.309 e. The van der Waals surface area contributed by atoms with E-state index in [1.165, 1.54) is 11.3 Å². The Hall–Kier alpha value is -1.14. The highest BCUT2D eigenvalue weighted by Gasteiger charge is 2.09. The molecule has 0 saturated carbocycles. The highest BCUT2D eigenvalue weighted by atomic mass is 32.1. The summed E-state index contributed by atoms with van der Waals surface area (Å²) in [6.45, 7) is 9.84. The van der Waals surface area contributed by atoms with Crippen LogP contribution in [0.3, 0.4) is 0 Å². The van der Waals surface area contributed by atoms with Crippen molar-refractivity contribution in [1.82, 2.24) is 9.88 Å². The molecule has 5 nitrogen and oxygen atoms in total. The Balaban J connectivity index is 2.29. The zero-order chi connectivity index (χ0) is 15.0. The molecule has 20 heavy (non-hydrogen) atoms. The second-order valence-electron chi connectivity index (χ2n) is 4.93. The fourth-order valence-corrected chi connectivity index (χ4v) is 2.88. The number of aliphatic carboxylic acids is 1. The third kappa shape index (κ3) is 6.34. The van der Waals surface area contributed by atoms with Crippen LogP contribution in [0.2, 0.25) is 0 Å². The highest BCUT2D eigenvalue weighted by molar-refractivity contribution is 7.13. The van der Waals surface area contributed by atoms with E-state index >= 15 is 0 Å². The van der Waals surface area contributed by atoms with Gasteiger partial charge >= 0.3 is 5.97 Å². The summed E-state index contributed by atoms with van der Waals surface area (Å²) in [7, 11) is 0. The van der Waals surface area contributed by atoms with Crippen molar-refractivity contribution in [2.75, 3.05) is 25.0 Å². The van der Waals surface area contributed by atoms with Gasteiger partial charge in [-0.3, -0.25) is 4.79 Å². The molecule has 2 N–H and O–H groups in total. The first-order valence-electron chi connectivity index (χ1n) is 7.20. The van der Waals surface area contributed by atoms with Gasteiger partial charge in [-0.1, -0.05) is 13.8 Å². The lowest BCUT2D eigenvalue weighted by Crippen LogP contribution is -2.25. The minimum atomic E-state index is -0.839. The SMILES string of the molecule is CCN(CC)CCCC(C)Nc1nc(CC(=O)O)cs1. The van der Waals surface area contributed by atoms with Gasteiger partial charge < -0.3 is 15.3 Å². The average molecular weight is 299 g/mol. The zero-order valence-electron chi connectivity index (χ0n) is 12.6. The standard InChI is InChI=1S/C14H25N3O2S/c1-4-17(5-2)8-6-7-11(3)15-14-16-12(10-20-14)9-13(18)19/h10-11H,4-9H2,1-3H3,(H,15,16)(H,18,19). The first kappa shape index (κ1) is 16.9. The molecule has 0 aromatic carbocycles. The van der Waals surface area contributed by atoms with Crippen LogP contribution in [-0.4, -0.2) is 46.6 Å². The van der Waals surface area contributed by atoms with E-state index in [0.29, 0.717) is 11.7 Å². The summed E-state index contributed by atoms with van der Waals surface area (Å²) in [5.74, 6) is -0.839. The quantitative estimate of drug-likeness (QED) is 0.695. The minimum Gasteiger partial charge on any atom is -0.481 e. The molecule has 0 aliphatic heterocycles. The molecule has 114 valence electrons. The number of carboxylic acid groups (broad SMARTS) is 1.